The molecule has 17 heavy (non-hydrogen) atoms. The lowest BCUT2D eigenvalue weighted by molar-refractivity contribution is -0.0490. The van der Waals surface area contributed by atoms with E-state index in [0.29, 0.717) is 0 Å². The zero-order valence-electron chi connectivity index (χ0n) is 10.4. The van der Waals surface area contributed by atoms with Crippen LogP contribution in [0.1, 0.15) is 29.7 Å². The highest BCUT2D eigenvalue weighted by atomic mass is 19.3. The van der Waals surface area contributed by atoms with E-state index in [1.807, 2.05) is 39.0 Å². The van der Waals surface area contributed by atoms with Crippen LogP contribution in [-0.4, -0.2) is 24.2 Å². The predicted molar refractivity (Wildman–Crippen MR) is 64.4 cm³/mol. The van der Waals surface area contributed by atoms with Crippen LogP contribution in [0.2, 0.25) is 0 Å². The Morgan fingerprint density at radius 2 is 2.00 bits per heavy atom. The average molecular weight is 243 g/mol. The second-order valence-corrected chi connectivity index (χ2v) is 4.48. The van der Waals surface area contributed by atoms with E-state index in [2.05, 4.69) is 5.32 Å². The van der Waals surface area contributed by atoms with E-state index >= 15 is 0 Å². The Hall–Kier alpha value is -1.00. The van der Waals surface area contributed by atoms with Crippen molar-refractivity contribution in [3.05, 3.63) is 34.9 Å². The molecule has 0 heterocycles. The zero-order valence-corrected chi connectivity index (χ0v) is 10.4. The number of aryl methyl sites for hydroxylation is 2. The van der Waals surface area contributed by atoms with Gasteiger partial charge in [-0.05, 0) is 31.9 Å². The van der Waals surface area contributed by atoms with E-state index in [1.54, 1.807) is 0 Å². The highest BCUT2D eigenvalue weighted by Gasteiger charge is 2.28. The Balaban J connectivity index is 2.67. The fraction of sp³-hybridized carbons (Fsp3) is 0.538. The molecular formula is C13H19F2NO. The van der Waals surface area contributed by atoms with Gasteiger partial charge in [-0.15, -0.1) is 0 Å². The summed E-state index contributed by atoms with van der Waals surface area (Å²) in [6, 6.07) is 5.77. The van der Waals surface area contributed by atoms with Gasteiger partial charge in [-0.1, -0.05) is 23.8 Å². The van der Waals surface area contributed by atoms with Crippen molar-refractivity contribution in [2.24, 2.45) is 0 Å². The molecule has 0 saturated heterocycles. The van der Waals surface area contributed by atoms with Gasteiger partial charge < -0.3 is 10.4 Å². The lowest BCUT2D eigenvalue weighted by Gasteiger charge is -2.20. The van der Waals surface area contributed by atoms with Crippen LogP contribution in [0, 0.1) is 13.8 Å². The number of alkyl halides is 2. The summed E-state index contributed by atoms with van der Waals surface area (Å²) in [5.41, 5.74) is 3.24. The van der Waals surface area contributed by atoms with Crippen molar-refractivity contribution in [3.63, 3.8) is 0 Å². The third-order valence-electron chi connectivity index (χ3n) is 2.79. The maximum absolute atomic E-state index is 12.9. The summed E-state index contributed by atoms with van der Waals surface area (Å²) in [5, 5.41) is 11.2. The van der Waals surface area contributed by atoms with Crippen LogP contribution in [0.3, 0.4) is 0 Å². The Labute approximate surface area is 101 Å². The smallest absolute Gasteiger partial charge is 0.282 e. The Morgan fingerprint density at radius 1 is 1.35 bits per heavy atom. The van der Waals surface area contributed by atoms with Gasteiger partial charge in [0.25, 0.3) is 5.92 Å². The molecule has 0 bridgehead atoms. The number of aliphatic hydroxyl groups is 1. The van der Waals surface area contributed by atoms with E-state index < -0.39 is 19.1 Å². The summed E-state index contributed by atoms with van der Waals surface area (Å²) in [6.45, 7) is 4.15. The van der Waals surface area contributed by atoms with Gasteiger partial charge in [0.1, 0.15) is 6.61 Å². The van der Waals surface area contributed by atoms with E-state index in [1.165, 1.54) is 0 Å². The number of halogens is 2. The average Bonchev–Trinajstić information content (AvgIpc) is 2.26. The molecule has 0 saturated carbocycles. The van der Waals surface area contributed by atoms with Gasteiger partial charge >= 0.3 is 0 Å². The minimum absolute atomic E-state index is 0.159. The number of hydrogen-bond acceptors (Lipinski definition) is 2. The third kappa shape index (κ3) is 4.06. The van der Waals surface area contributed by atoms with Crippen LogP contribution in [0.5, 0.6) is 0 Å². The second-order valence-electron chi connectivity index (χ2n) is 4.48. The van der Waals surface area contributed by atoms with E-state index in [9.17, 15) is 8.78 Å². The van der Waals surface area contributed by atoms with E-state index in [4.69, 9.17) is 5.11 Å². The van der Waals surface area contributed by atoms with E-state index in [-0.39, 0.29) is 6.04 Å². The molecule has 0 spiro atoms. The molecule has 4 heteroatoms. The molecule has 2 N–H and O–H groups in total. The molecule has 1 rings (SSSR count). The molecule has 0 fully saturated rings. The summed E-state index contributed by atoms with van der Waals surface area (Å²) in [4.78, 5) is 0. The summed E-state index contributed by atoms with van der Waals surface area (Å²) >= 11 is 0. The zero-order chi connectivity index (χ0) is 13.1. The van der Waals surface area contributed by atoms with Crippen LogP contribution in [0.4, 0.5) is 8.78 Å². The molecule has 1 unspecified atom stereocenters. The summed E-state index contributed by atoms with van der Waals surface area (Å²) < 4.78 is 25.8. The first-order valence-corrected chi connectivity index (χ1v) is 5.65. The van der Waals surface area contributed by atoms with Gasteiger partial charge in [-0.25, -0.2) is 8.78 Å². The standard InChI is InChI=1S/C13H19F2NO/c1-9-4-5-12(10(2)6-9)11(3)16-7-13(14,15)8-17/h4-6,11,16-17H,7-8H2,1-3H3. The Kier molecular flexibility index (Phi) is 4.60. The molecular weight excluding hydrogens is 224 g/mol. The lowest BCUT2D eigenvalue weighted by Crippen LogP contribution is -2.37. The van der Waals surface area contributed by atoms with Crippen molar-refractivity contribution in [1.82, 2.24) is 5.32 Å². The van der Waals surface area contributed by atoms with Crippen molar-refractivity contribution in [3.8, 4) is 0 Å². The highest BCUT2D eigenvalue weighted by molar-refractivity contribution is 5.32. The van der Waals surface area contributed by atoms with E-state index in [0.717, 1.165) is 16.7 Å². The normalized spacial score (nSPS) is 13.8. The summed E-state index contributed by atoms with van der Waals surface area (Å²) in [6.07, 6.45) is 0. The first kappa shape index (κ1) is 14.1. The topological polar surface area (TPSA) is 32.3 Å². The Morgan fingerprint density at radius 3 is 2.53 bits per heavy atom. The number of rotatable bonds is 5. The fourth-order valence-corrected chi connectivity index (χ4v) is 1.78. The number of aliphatic hydroxyl groups excluding tert-OH is 1. The molecule has 0 aliphatic rings. The quantitative estimate of drug-likeness (QED) is 0.833. The van der Waals surface area contributed by atoms with Gasteiger partial charge in [-0.3, -0.25) is 0 Å². The molecule has 96 valence electrons. The number of benzene rings is 1. The molecule has 1 aromatic carbocycles. The minimum Gasteiger partial charge on any atom is -0.390 e. The highest BCUT2D eigenvalue weighted by Crippen LogP contribution is 2.20. The van der Waals surface area contributed by atoms with Crippen LogP contribution in [0.25, 0.3) is 0 Å². The maximum Gasteiger partial charge on any atom is 0.282 e. The molecule has 0 aliphatic carbocycles. The molecule has 0 amide bonds. The molecule has 1 aromatic rings. The van der Waals surface area contributed by atoms with Crippen molar-refractivity contribution in [2.75, 3.05) is 13.2 Å². The molecule has 2 nitrogen and oxygen atoms in total. The molecule has 1 atom stereocenters. The summed E-state index contributed by atoms with van der Waals surface area (Å²) in [5.74, 6) is -3.06. The SMILES string of the molecule is Cc1ccc(C(C)NCC(F)(F)CO)c(C)c1. The van der Waals surface area contributed by atoms with Crippen molar-refractivity contribution in [1.29, 1.82) is 0 Å². The first-order valence-electron chi connectivity index (χ1n) is 5.65. The van der Waals surface area contributed by atoms with Crippen LogP contribution < -0.4 is 5.32 Å². The minimum atomic E-state index is -3.06. The molecule has 0 aliphatic heterocycles. The fourth-order valence-electron chi connectivity index (χ4n) is 1.78. The van der Waals surface area contributed by atoms with Crippen LogP contribution >= 0.6 is 0 Å². The van der Waals surface area contributed by atoms with Gasteiger partial charge in [0.2, 0.25) is 0 Å². The third-order valence-corrected chi connectivity index (χ3v) is 2.79. The summed E-state index contributed by atoms with van der Waals surface area (Å²) in [7, 11) is 0. The van der Waals surface area contributed by atoms with Gasteiger partial charge in [0.15, 0.2) is 0 Å². The molecule has 0 aromatic heterocycles. The molecule has 0 radical (unpaired) electrons. The van der Waals surface area contributed by atoms with Gasteiger partial charge in [-0.2, -0.15) is 0 Å². The van der Waals surface area contributed by atoms with Crippen LogP contribution in [-0.2, 0) is 0 Å². The monoisotopic (exact) mass is 243 g/mol. The predicted octanol–water partition coefficient (Wildman–Crippen LogP) is 2.58. The van der Waals surface area contributed by atoms with Crippen molar-refractivity contribution >= 4 is 0 Å². The van der Waals surface area contributed by atoms with Crippen molar-refractivity contribution < 1.29 is 13.9 Å². The van der Waals surface area contributed by atoms with Crippen LogP contribution in [0.15, 0.2) is 18.2 Å². The number of hydrogen-bond donors (Lipinski definition) is 2. The van der Waals surface area contributed by atoms with Gasteiger partial charge in [0, 0.05) is 6.04 Å². The Bertz CT molecular complexity index is 380. The maximum atomic E-state index is 12.9. The van der Waals surface area contributed by atoms with Crippen molar-refractivity contribution in [2.45, 2.75) is 32.7 Å². The lowest BCUT2D eigenvalue weighted by atomic mass is 10.0. The van der Waals surface area contributed by atoms with Gasteiger partial charge in [0.05, 0.1) is 6.54 Å². The first-order chi connectivity index (χ1) is 7.85. The largest absolute Gasteiger partial charge is 0.390 e. The number of nitrogens with one attached hydrogen (secondary N) is 1. The second kappa shape index (κ2) is 5.56.